The molecular weight excluding hydrogens is 428 g/mol. The fourth-order valence-corrected chi connectivity index (χ4v) is 4.79. The van der Waals surface area contributed by atoms with Crippen molar-refractivity contribution in [1.29, 1.82) is 0 Å². The van der Waals surface area contributed by atoms with E-state index in [-0.39, 0.29) is 23.1 Å². The van der Waals surface area contributed by atoms with Gasteiger partial charge in [-0.15, -0.1) is 11.8 Å². The average molecular weight is 459 g/mol. The molecule has 2 heterocycles. The van der Waals surface area contributed by atoms with Crippen molar-refractivity contribution in [3.8, 4) is 0 Å². The predicted octanol–water partition coefficient (Wildman–Crippen LogP) is 4.56. The summed E-state index contributed by atoms with van der Waals surface area (Å²) in [5, 5.41) is 12.5. The Labute approximate surface area is 192 Å². The summed E-state index contributed by atoms with van der Waals surface area (Å²) in [6, 6.07) is 7.33. The zero-order chi connectivity index (χ0) is 23.8. The van der Waals surface area contributed by atoms with Gasteiger partial charge in [0.05, 0.1) is 23.7 Å². The number of hydrogen-bond acceptors (Lipinski definition) is 5. The lowest BCUT2D eigenvalue weighted by atomic mass is 9.87. The van der Waals surface area contributed by atoms with Crippen LogP contribution in [0.3, 0.4) is 0 Å². The van der Waals surface area contributed by atoms with Crippen LogP contribution in [0.1, 0.15) is 74.6 Å². The number of aromatic nitrogens is 1. The molecule has 1 atom stereocenters. The van der Waals surface area contributed by atoms with Gasteiger partial charge in [-0.05, 0) is 37.3 Å². The summed E-state index contributed by atoms with van der Waals surface area (Å²) in [5.41, 5.74) is 1.44. The Balaban J connectivity index is 1.96. The highest BCUT2D eigenvalue weighted by molar-refractivity contribution is 7.99. The Bertz CT molecular complexity index is 1090. The average Bonchev–Trinajstić information content (AvgIpc) is 3.05. The number of rotatable bonds is 4. The summed E-state index contributed by atoms with van der Waals surface area (Å²) in [6.07, 6.45) is 0.754. The Kier molecular flexibility index (Phi) is 6.47. The second kappa shape index (κ2) is 8.65. The molecule has 0 fully saturated rings. The van der Waals surface area contributed by atoms with Gasteiger partial charge in [-0.25, -0.2) is 9.59 Å². The number of carbonyl (C=O) groups is 2. The van der Waals surface area contributed by atoms with Crippen molar-refractivity contribution in [2.45, 2.75) is 70.0 Å². The lowest BCUT2D eigenvalue weighted by molar-refractivity contribution is 0.0508. The van der Waals surface area contributed by atoms with Crippen LogP contribution in [-0.4, -0.2) is 33.1 Å². The van der Waals surface area contributed by atoms with Crippen molar-refractivity contribution in [2.75, 3.05) is 5.75 Å². The number of amides is 1. The van der Waals surface area contributed by atoms with Gasteiger partial charge in [0.2, 0.25) is 0 Å². The molecule has 0 spiro atoms. The first kappa shape index (κ1) is 23.9. The molecule has 0 bridgehead atoms. The molecular formula is C24H30N2O5S. The van der Waals surface area contributed by atoms with E-state index in [1.807, 2.05) is 24.3 Å². The van der Waals surface area contributed by atoms with E-state index in [1.54, 1.807) is 20.8 Å². The number of thioether (sulfide) groups is 1. The van der Waals surface area contributed by atoms with E-state index >= 15 is 0 Å². The second-order valence-electron chi connectivity index (χ2n) is 9.98. The topological polar surface area (TPSA) is 97.6 Å². The van der Waals surface area contributed by atoms with Crippen molar-refractivity contribution in [3.05, 3.63) is 63.1 Å². The number of aromatic carboxylic acids is 1. The molecule has 2 N–H and O–H groups in total. The number of carboxylic acids is 1. The van der Waals surface area contributed by atoms with Gasteiger partial charge in [-0.3, -0.25) is 4.79 Å². The number of nitrogens with one attached hydrogen (secondary N) is 1. The van der Waals surface area contributed by atoms with Crippen LogP contribution in [0.2, 0.25) is 0 Å². The highest BCUT2D eigenvalue weighted by Gasteiger charge is 2.34. The van der Waals surface area contributed by atoms with E-state index in [1.165, 1.54) is 28.1 Å². The minimum atomic E-state index is -1.11. The summed E-state index contributed by atoms with van der Waals surface area (Å²) >= 11 is 1.26. The first-order valence-corrected chi connectivity index (χ1v) is 11.5. The number of carbonyl (C=O) groups excluding carboxylic acids is 1. The predicted molar refractivity (Wildman–Crippen MR) is 125 cm³/mol. The lowest BCUT2D eigenvalue weighted by Crippen LogP contribution is -2.38. The lowest BCUT2D eigenvalue weighted by Gasteiger charge is -2.22. The molecule has 0 saturated carbocycles. The molecule has 2 aromatic rings. The second-order valence-corrected chi connectivity index (χ2v) is 11.0. The van der Waals surface area contributed by atoms with Crippen molar-refractivity contribution in [1.82, 2.24) is 9.88 Å². The fourth-order valence-electron chi connectivity index (χ4n) is 3.52. The maximum absolute atomic E-state index is 13.3. The van der Waals surface area contributed by atoms with Crippen LogP contribution in [0.5, 0.6) is 0 Å². The van der Waals surface area contributed by atoms with E-state index in [4.69, 9.17) is 4.74 Å². The Morgan fingerprint density at radius 1 is 1.16 bits per heavy atom. The maximum Gasteiger partial charge on any atom is 0.408 e. The highest BCUT2D eigenvalue weighted by atomic mass is 32.2. The van der Waals surface area contributed by atoms with Crippen LogP contribution in [0.4, 0.5) is 4.79 Å². The molecule has 0 aliphatic carbocycles. The van der Waals surface area contributed by atoms with Gasteiger partial charge in [-0.2, -0.15) is 0 Å². The van der Waals surface area contributed by atoms with E-state index < -0.39 is 23.7 Å². The highest BCUT2D eigenvalue weighted by Crippen LogP contribution is 2.38. The fraction of sp³-hybridized carbons (Fsp3) is 0.458. The maximum atomic E-state index is 13.3. The molecule has 0 radical (unpaired) electrons. The van der Waals surface area contributed by atoms with Gasteiger partial charge in [-0.1, -0.05) is 45.0 Å². The number of benzene rings is 1. The Morgan fingerprint density at radius 2 is 1.78 bits per heavy atom. The van der Waals surface area contributed by atoms with Crippen LogP contribution in [0.25, 0.3) is 0 Å². The normalized spacial score (nSPS) is 15.9. The smallest absolute Gasteiger partial charge is 0.408 e. The molecule has 1 aliphatic rings. The van der Waals surface area contributed by atoms with Crippen molar-refractivity contribution < 1.29 is 19.4 Å². The summed E-state index contributed by atoms with van der Waals surface area (Å²) in [7, 11) is 0. The number of nitrogens with zero attached hydrogens (tertiary/aromatic N) is 1. The molecule has 172 valence electrons. The zero-order valence-electron chi connectivity index (χ0n) is 19.3. The van der Waals surface area contributed by atoms with E-state index in [0.717, 1.165) is 5.56 Å². The first-order chi connectivity index (χ1) is 14.8. The molecule has 0 saturated heterocycles. The number of pyridine rings is 1. The van der Waals surface area contributed by atoms with E-state index in [0.29, 0.717) is 16.2 Å². The third kappa shape index (κ3) is 5.35. The molecule has 0 unspecified atom stereocenters. The zero-order valence-corrected chi connectivity index (χ0v) is 20.1. The van der Waals surface area contributed by atoms with Crippen LogP contribution < -0.4 is 10.9 Å². The number of fused-ring (bicyclic) bond motifs is 1. The molecule has 1 aromatic carbocycles. The largest absolute Gasteiger partial charge is 0.478 e. The minimum Gasteiger partial charge on any atom is -0.478 e. The van der Waals surface area contributed by atoms with Crippen LogP contribution in [0, 0.1) is 0 Å². The van der Waals surface area contributed by atoms with Gasteiger partial charge in [0.15, 0.2) is 0 Å². The van der Waals surface area contributed by atoms with Gasteiger partial charge in [0.25, 0.3) is 5.56 Å². The number of alkyl carbamates (subject to hydrolysis) is 1. The third-order valence-corrected chi connectivity index (χ3v) is 6.33. The number of hydrogen-bond donors (Lipinski definition) is 2. The SMILES string of the molecule is CC(C)(C)OC(=O)N[C@H]1CSc2c(C(=O)O)cn(Cc3ccc(C(C)(C)C)cc3)c(=O)c21. The summed E-state index contributed by atoms with van der Waals surface area (Å²) in [6.45, 7) is 11.9. The summed E-state index contributed by atoms with van der Waals surface area (Å²) in [5.74, 6) is -0.738. The molecule has 8 heteroatoms. The molecule has 1 aliphatic heterocycles. The van der Waals surface area contributed by atoms with E-state index in [2.05, 4.69) is 26.1 Å². The standard InChI is InChI=1S/C24H30N2O5S/c1-23(2,3)15-9-7-14(8-10-15)11-26-12-16(21(28)29)19-18(20(26)27)17(13-32-19)25-22(30)31-24(4,5)6/h7-10,12,17H,11,13H2,1-6H3,(H,25,30)(H,28,29)/t17-/m0/s1. The van der Waals surface area contributed by atoms with Gasteiger partial charge in [0, 0.05) is 16.8 Å². The molecule has 1 aromatic heterocycles. The van der Waals surface area contributed by atoms with Crippen molar-refractivity contribution >= 4 is 23.8 Å². The van der Waals surface area contributed by atoms with Crippen molar-refractivity contribution in [3.63, 3.8) is 0 Å². The van der Waals surface area contributed by atoms with Gasteiger partial charge >= 0.3 is 12.1 Å². The molecule has 3 rings (SSSR count). The van der Waals surface area contributed by atoms with Crippen LogP contribution in [0.15, 0.2) is 40.2 Å². The summed E-state index contributed by atoms with van der Waals surface area (Å²) in [4.78, 5) is 37.9. The quantitative estimate of drug-likeness (QED) is 0.697. The van der Waals surface area contributed by atoms with Crippen LogP contribution >= 0.6 is 11.8 Å². The Morgan fingerprint density at radius 3 is 2.31 bits per heavy atom. The van der Waals surface area contributed by atoms with Gasteiger partial charge in [0.1, 0.15) is 5.60 Å². The van der Waals surface area contributed by atoms with E-state index in [9.17, 15) is 19.5 Å². The third-order valence-electron chi connectivity index (χ3n) is 5.10. The summed E-state index contributed by atoms with van der Waals surface area (Å²) < 4.78 is 6.72. The number of carboxylic acid groups (broad SMARTS) is 1. The molecule has 7 nitrogen and oxygen atoms in total. The molecule has 32 heavy (non-hydrogen) atoms. The number of ether oxygens (including phenoxy) is 1. The Hall–Kier alpha value is -2.74. The van der Waals surface area contributed by atoms with Gasteiger partial charge < -0.3 is 19.7 Å². The first-order valence-electron chi connectivity index (χ1n) is 10.5. The minimum absolute atomic E-state index is 0.0111. The van der Waals surface area contributed by atoms with Crippen molar-refractivity contribution in [2.24, 2.45) is 0 Å². The molecule has 1 amide bonds. The van der Waals surface area contributed by atoms with Crippen LogP contribution in [-0.2, 0) is 16.7 Å². The monoisotopic (exact) mass is 458 g/mol.